The van der Waals surface area contributed by atoms with E-state index in [1.54, 1.807) is 7.05 Å². The molecule has 0 spiro atoms. The smallest absolute Gasteiger partial charge is 0.267 e. The SMILES string of the molecule is Cn1nc(-c2ccc3c(c2)CCO3)c(C#N)cc1=O. The summed E-state index contributed by atoms with van der Waals surface area (Å²) in [5.41, 5.74) is 2.47. The van der Waals surface area contributed by atoms with Crippen LogP contribution in [-0.4, -0.2) is 16.4 Å². The fourth-order valence-corrected chi connectivity index (χ4v) is 2.17. The summed E-state index contributed by atoms with van der Waals surface area (Å²) in [4.78, 5) is 11.5. The third-order valence-electron chi connectivity index (χ3n) is 3.18. The highest BCUT2D eigenvalue weighted by molar-refractivity contribution is 5.68. The summed E-state index contributed by atoms with van der Waals surface area (Å²) < 4.78 is 6.68. The van der Waals surface area contributed by atoms with Gasteiger partial charge in [-0.05, 0) is 23.8 Å². The number of nitrogens with zero attached hydrogens (tertiary/aromatic N) is 3. The van der Waals surface area contributed by atoms with Crippen LogP contribution in [-0.2, 0) is 13.5 Å². The third-order valence-corrected chi connectivity index (χ3v) is 3.18. The lowest BCUT2D eigenvalue weighted by molar-refractivity contribution is 0.357. The Hall–Kier alpha value is -2.61. The third kappa shape index (κ3) is 1.87. The Morgan fingerprint density at radius 3 is 3.05 bits per heavy atom. The van der Waals surface area contributed by atoms with Crippen molar-refractivity contribution in [2.45, 2.75) is 6.42 Å². The van der Waals surface area contributed by atoms with Crippen LogP contribution in [0.1, 0.15) is 11.1 Å². The second-order valence-electron chi connectivity index (χ2n) is 4.40. The predicted molar refractivity (Wildman–Crippen MR) is 68.8 cm³/mol. The van der Waals surface area contributed by atoms with E-state index in [9.17, 15) is 4.79 Å². The van der Waals surface area contributed by atoms with Gasteiger partial charge in [0.25, 0.3) is 5.56 Å². The molecule has 2 aromatic rings. The van der Waals surface area contributed by atoms with Crippen molar-refractivity contribution in [1.29, 1.82) is 5.26 Å². The zero-order valence-electron chi connectivity index (χ0n) is 10.4. The van der Waals surface area contributed by atoms with Gasteiger partial charge in [-0.2, -0.15) is 10.4 Å². The van der Waals surface area contributed by atoms with Crippen LogP contribution >= 0.6 is 0 Å². The molecule has 19 heavy (non-hydrogen) atoms. The first kappa shape index (κ1) is 11.5. The zero-order valence-corrected chi connectivity index (χ0v) is 10.4. The second kappa shape index (κ2) is 4.25. The molecule has 0 radical (unpaired) electrons. The van der Waals surface area contributed by atoms with Gasteiger partial charge in [0.2, 0.25) is 0 Å². The Balaban J connectivity index is 2.20. The summed E-state index contributed by atoms with van der Waals surface area (Å²) in [5, 5.41) is 13.3. The molecule has 1 aliphatic rings. The number of nitriles is 1. The van der Waals surface area contributed by atoms with Crippen molar-refractivity contribution < 1.29 is 4.74 Å². The van der Waals surface area contributed by atoms with Gasteiger partial charge in [-0.3, -0.25) is 4.79 Å². The van der Waals surface area contributed by atoms with Crippen molar-refractivity contribution in [3.63, 3.8) is 0 Å². The molecule has 0 amide bonds. The standard InChI is InChI=1S/C14H11N3O2/c1-17-13(18)7-11(8-15)14(16-17)10-2-3-12-9(6-10)4-5-19-12/h2-3,6-7H,4-5H2,1H3. The first-order valence-corrected chi connectivity index (χ1v) is 5.93. The predicted octanol–water partition coefficient (Wildman–Crippen LogP) is 1.25. The van der Waals surface area contributed by atoms with E-state index in [0.717, 1.165) is 23.3 Å². The molecule has 0 N–H and O–H groups in total. The molecule has 0 fully saturated rings. The van der Waals surface area contributed by atoms with Crippen molar-refractivity contribution in [3.8, 4) is 23.1 Å². The van der Waals surface area contributed by atoms with Crippen LogP contribution in [0.4, 0.5) is 0 Å². The van der Waals surface area contributed by atoms with Crippen molar-refractivity contribution in [1.82, 2.24) is 9.78 Å². The summed E-state index contributed by atoms with van der Waals surface area (Å²) >= 11 is 0. The molecule has 94 valence electrons. The molecule has 0 saturated heterocycles. The van der Waals surface area contributed by atoms with Crippen LogP contribution in [0.2, 0.25) is 0 Å². The van der Waals surface area contributed by atoms with E-state index < -0.39 is 0 Å². The van der Waals surface area contributed by atoms with Gasteiger partial charge < -0.3 is 4.74 Å². The number of aryl methyl sites for hydroxylation is 1. The van der Waals surface area contributed by atoms with Crippen molar-refractivity contribution in [3.05, 3.63) is 45.7 Å². The topological polar surface area (TPSA) is 67.9 Å². The van der Waals surface area contributed by atoms with E-state index in [-0.39, 0.29) is 5.56 Å². The van der Waals surface area contributed by atoms with E-state index in [1.165, 1.54) is 10.7 Å². The Labute approximate surface area is 109 Å². The highest BCUT2D eigenvalue weighted by atomic mass is 16.5. The van der Waals surface area contributed by atoms with E-state index in [1.807, 2.05) is 24.3 Å². The normalized spacial score (nSPS) is 12.6. The lowest BCUT2D eigenvalue weighted by Gasteiger charge is -2.06. The highest BCUT2D eigenvalue weighted by Gasteiger charge is 2.15. The van der Waals surface area contributed by atoms with Gasteiger partial charge in [-0.25, -0.2) is 4.68 Å². The van der Waals surface area contributed by atoms with Crippen LogP contribution in [0.5, 0.6) is 5.75 Å². The molecule has 0 bridgehead atoms. The van der Waals surface area contributed by atoms with Gasteiger partial charge in [-0.1, -0.05) is 0 Å². The molecule has 1 aliphatic heterocycles. The van der Waals surface area contributed by atoms with Crippen LogP contribution in [0.3, 0.4) is 0 Å². The van der Waals surface area contributed by atoms with Gasteiger partial charge in [0, 0.05) is 25.1 Å². The van der Waals surface area contributed by atoms with Gasteiger partial charge in [0.05, 0.1) is 12.2 Å². The molecule has 1 aromatic heterocycles. The minimum Gasteiger partial charge on any atom is -0.493 e. The van der Waals surface area contributed by atoms with E-state index in [0.29, 0.717) is 17.9 Å². The molecule has 0 unspecified atom stereocenters. The van der Waals surface area contributed by atoms with E-state index in [4.69, 9.17) is 10.00 Å². The highest BCUT2D eigenvalue weighted by Crippen LogP contribution is 2.30. The Kier molecular flexibility index (Phi) is 2.57. The molecular weight excluding hydrogens is 242 g/mol. The summed E-state index contributed by atoms with van der Waals surface area (Å²) in [7, 11) is 1.57. The summed E-state index contributed by atoms with van der Waals surface area (Å²) in [5.74, 6) is 0.882. The van der Waals surface area contributed by atoms with Gasteiger partial charge in [-0.15, -0.1) is 0 Å². The summed E-state index contributed by atoms with van der Waals surface area (Å²) in [6.45, 7) is 0.685. The lowest BCUT2D eigenvalue weighted by atomic mass is 10.0. The molecule has 3 rings (SSSR count). The number of ether oxygens (including phenoxy) is 1. The summed E-state index contributed by atoms with van der Waals surface area (Å²) in [6.07, 6.45) is 0.858. The molecule has 5 heteroatoms. The number of hydrogen-bond donors (Lipinski definition) is 0. The maximum absolute atomic E-state index is 11.5. The quantitative estimate of drug-likeness (QED) is 0.767. The molecule has 1 aromatic carbocycles. The molecule has 0 aliphatic carbocycles. The molecule has 5 nitrogen and oxygen atoms in total. The first-order valence-electron chi connectivity index (χ1n) is 5.93. The van der Waals surface area contributed by atoms with Crippen LogP contribution < -0.4 is 10.3 Å². The van der Waals surface area contributed by atoms with Gasteiger partial charge in [0.1, 0.15) is 17.5 Å². The average Bonchev–Trinajstić information content (AvgIpc) is 2.88. The number of benzene rings is 1. The first-order chi connectivity index (χ1) is 9.19. The zero-order chi connectivity index (χ0) is 13.4. The fraction of sp³-hybridized carbons (Fsp3) is 0.214. The molecule has 0 atom stereocenters. The van der Waals surface area contributed by atoms with Crippen LogP contribution in [0.15, 0.2) is 29.1 Å². The summed E-state index contributed by atoms with van der Waals surface area (Å²) in [6, 6.07) is 9.04. The molecular formula is C14H11N3O2. The second-order valence-corrected chi connectivity index (χ2v) is 4.40. The molecule has 2 heterocycles. The fourth-order valence-electron chi connectivity index (χ4n) is 2.17. The Morgan fingerprint density at radius 1 is 1.42 bits per heavy atom. The number of hydrogen-bond acceptors (Lipinski definition) is 4. The number of fused-ring (bicyclic) bond motifs is 1. The van der Waals surface area contributed by atoms with Crippen molar-refractivity contribution in [2.75, 3.05) is 6.61 Å². The van der Waals surface area contributed by atoms with Gasteiger partial charge in [0.15, 0.2) is 0 Å². The van der Waals surface area contributed by atoms with Crippen LogP contribution in [0, 0.1) is 11.3 Å². The van der Waals surface area contributed by atoms with E-state index in [2.05, 4.69) is 5.10 Å². The Bertz CT molecular complexity index is 756. The largest absolute Gasteiger partial charge is 0.493 e. The maximum atomic E-state index is 11.5. The Morgan fingerprint density at radius 2 is 2.26 bits per heavy atom. The van der Waals surface area contributed by atoms with Gasteiger partial charge >= 0.3 is 0 Å². The lowest BCUT2D eigenvalue weighted by Crippen LogP contribution is -2.20. The average molecular weight is 253 g/mol. The number of rotatable bonds is 1. The number of aromatic nitrogens is 2. The minimum atomic E-state index is -0.287. The van der Waals surface area contributed by atoms with Crippen LogP contribution in [0.25, 0.3) is 11.3 Å². The van der Waals surface area contributed by atoms with E-state index >= 15 is 0 Å². The van der Waals surface area contributed by atoms with Crippen molar-refractivity contribution >= 4 is 0 Å². The van der Waals surface area contributed by atoms with Crippen molar-refractivity contribution in [2.24, 2.45) is 7.05 Å². The monoisotopic (exact) mass is 253 g/mol. The molecule has 0 saturated carbocycles. The maximum Gasteiger partial charge on any atom is 0.267 e. The minimum absolute atomic E-state index is 0.287.